The maximum absolute atomic E-state index is 12.8. The number of carbonyl (C=O) groups excluding carboxylic acids is 2. The maximum atomic E-state index is 12.8. The Kier molecular flexibility index (Phi) is 8.28. The molecule has 2 unspecified atom stereocenters. The molecule has 0 aromatic carbocycles. The molecule has 36 heavy (non-hydrogen) atoms. The molecule has 4 heterocycles. The fourth-order valence-electron chi connectivity index (χ4n) is 4.71. The number of hydroxylamine groups is 6. The van der Waals surface area contributed by atoms with E-state index in [1.807, 2.05) is 0 Å². The summed E-state index contributed by atoms with van der Waals surface area (Å²) in [5.74, 6) is -1.97. The summed E-state index contributed by atoms with van der Waals surface area (Å²) in [5, 5.41) is 0. The molecule has 0 saturated heterocycles. The number of rotatable bonds is 8. The SMILES string of the molecule is CCCc1nsnc1C1=CCC[N+](C)(OC(=O)C(=O)O[N+]2(C)CCC=C(c3nsnc3CCC)C2)C1. The summed E-state index contributed by atoms with van der Waals surface area (Å²) in [4.78, 5) is 37.1. The number of likely N-dealkylation sites (N-methyl/N-ethyl adjacent to an activating group) is 2. The minimum absolute atomic E-state index is 0.0391. The normalized spacial score (nSPS) is 24.1. The van der Waals surface area contributed by atoms with Gasteiger partial charge in [-0.05, 0) is 12.8 Å². The van der Waals surface area contributed by atoms with Crippen molar-refractivity contribution in [2.45, 2.75) is 52.4 Å². The van der Waals surface area contributed by atoms with Gasteiger partial charge in [0, 0.05) is 24.0 Å². The van der Waals surface area contributed by atoms with Gasteiger partial charge in [0.05, 0.1) is 34.8 Å². The van der Waals surface area contributed by atoms with Crippen LogP contribution < -0.4 is 0 Å². The highest BCUT2D eigenvalue weighted by Crippen LogP contribution is 2.29. The Labute approximate surface area is 220 Å². The second-order valence-electron chi connectivity index (χ2n) is 9.77. The molecule has 0 fully saturated rings. The van der Waals surface area contributed by atoms with Gasteiger partial charge < -0.3 is 0 Å². The van der Waals surface area contributed by atoms with Gasteiger partial charge in [-0.1, -0.05) is 38.8 Å². The first-order valence-corrected chi connectivity index (χ1v) is 13.9. The summed E-state index contributed by atoms with van der Waals surface area (Å²) in [7, 11) is 3.61. The number of hydrogen-bond acceptors (Lipinski definition) is 10. The van der Waals surface area contributed by atoms with E-state index in [1.165, 1.54) is 23.5 Å². The summed E-state index contributed by atoms with van der Waals surface area (Å²) in [6.07, 6.45) is 9.32. The molecule has 0 aliphatic carbocycles. The van der Waals surface area contributed by atoms with E-state index in [0.29, 0.717) is 39.0 Å². The van der Waals surface area contributed by atoms with Gasteiger partial charge in [0.25, 0.3) is 0 Å². The highest BCUT2D eigenvalue weighted by atomic mass is 32.1. The zero-order chi connectivity index (χ0) is 25.8. The highest BCUT2D eigenvalue weighted by molar-refractivity contribution is 6.99. The predicted molar refractivity (Wildman–Crippen MR) is 137 cm³/mol. The van der Waals surface area contributed by atoms with E-state index in [0.717, 1.165) is 59.6 Å². The van der Waals surface area contributed by atoms with Crippen molar-refractivity contribution in [1.29, 1.82) is 0 Å². The van der Waals surface area contributed by atoms with Crippen molar-refractivity contribution >= 4 is 46.5 Å². The average Bonchev–Trinajstić information content (AvgIpc) is 3.49. The summed E-state index contributed by atoms with van der Waals surface area (Å²) in [6.45, 7) is 6.20. The molecule has 0 spiro atoms. The van der Waals surface area contributed by atoms with Crippen LogP contribution in [0, 0.1) is 0 Å². The number of carbonyl (C=O) groups is 2. The Morgan fingerprint density at radius 2 is 1.19 bits per heavy atom. The maximum Gasteiger partial charge on any atom is 0.480 e. The Balaban J connectivity index is 1.39. The van der Waals surface area contributed by atoms with Crippen LogP contribution in [-0.2, 0) is 32.1 Å². The molecule has 0 amide bonds. The molecule has 12 heteroatoms. The molecule has 0 radical (unpaired) electrons. The second kappa shape index (κ2) is 11.2. The molecule has 0 bridgehead atoms. The summed E-state index contributed by atoms with van der Waals surface area (Å²) in [5.41, 5.74) is 5.66. The molecule has 194 valence electrons. The fourth-order valence-corrected chi connectivity index (χ4v) is 5.95. The second-order valence-corrected chi connectivity index (χ2v) is 10.8. The van der Waals surface area contributed by atoms with Gasteiger partial charge in [-0.3, -0.25) is 9.68 Å². The van der Waals surface area contributed by atoms with Crippen LogP contribution >= 0.6 is 23.5 Å². The monoisotopic (exact) mass is 534 g/mol. The van der Waals surface area contributed by atoms with Gasteiger partial charge >= 0.3 is 11.9 Å². The van der Waals surface area contributed by atoms with E-state index in [4.69, 9.17) is 9.68 Å². The van der Waals surface area contributed by atoms with E-state index in [2.05, 4.69) is 43.5 Å². The summed E-state index contributed by atoms with van der Waals surface area (Å²) < 4.78 is 17.7. The largest absolute Gasteiger partial charge is 0.480 e. The molecule has 2 atom stereocenters. The van der Waals surface area contributed by atoms with Crippen molar-refractivity contribution in [3.8, 4) is 0 Å². The van der Waals surface area contributed by atoms with Gasteiger partial charge in [0.2, 0.25) is 0 Å². The third-order valence-electron chi connectivity index (χ3n) is 6.46. The van der Waals surface area contributed by atoms with Gasteiger partial charge in [-0.25, -0.2) is 9.59 Å². The first-order valence-electron chi connectivity index (χ1n) is 12.4. The summed E-state index contributed by atoms with van der Waals surface area (Å²) in [6, 6.07) is 0. The van der Waals surface area contributed by atoms with Crippen LogP contribution in [0.25, 0.3) is 11.1 Å². The van der Waals surface area contributed by atoms with Crippen LogP contribution in [0.15, 0.2) is 12.2 Å². The van der Waals surface area contributed by atoms with Crippen molar-refractivity contribution in [1.82, 2.24) is 17.5 Å². The van der Waals surface area contributed by atoms with Crippen LogP contribution in [0.3, 0.4) is 0 Å². The van der Waals surface area contributed by atoms with Crippen molar-refractivity contribution < 1.29 is 28.6 Å². The van der Waals surface area contributed by atoms with E-state index >= 15 is 0 Å². The topological polar surface area (TPSA) is 104 Å². The standard InChI is InChI=1S/C24H34N6O4S2/c1-5-9-19-21(27-35-25-19)17-11-7-13-29(3,15-17)33-23(31)24(32)34-30(4)14-8-12-18(16-30)22-20(10-6-2)26-36-28-22/h11-12H,5-10,13-16H2,1-4H3/q+2. The molecule has 2 aromatic rings. The van der Waals surface area contributed by atoms with Crippen LogP contribution in [-0.4, -0.2) is 79.0 Å². The lowest BCUT2D eigenvalue weighted by atomic mass is 10.0. The zero-order valence-electron chi connectivity index (χ0n) is 21.4. The quantitative estimate of drug-likeness (QED) is 0.375. The van der Waals surface area contributed by atoms with E-state index in [9.17, 15) is 9.59 Å². The number of hydrogen-bond donors (Lipinski definition) is 0. The van der Waals surface area contributed by atoms with Crippen LogP contribution in [0.5, 0.6) is 0 Å². The zero-order valence-corrected chi connectivity index (χ0v) is 23.0. The molecular formula is C24H34N6O4S2+2. The molecular weight excluding hydrogens is 500 g/mol. The number of aryl methyl sites for hydroxylation is 2. The van der Waals surface area contributed by atoms with E-state index in [-0.39, 0.29) is 9.29 Å². The highest BCUT2D eigenvalue weighted by Gasteiger charge is 2.41. The lowest BCUT2D eigenvalue weighted by molar-refractivity contribution is -1.07. The Bertz CT molecular complexity index is 1080. The third kappa shape index (κ3) is 6.05. The van der Waals surface area contributed by atoms with Gasteiger partial charge in [0.15, 0.2) is 0 Å². The molecule has 4 rings (SSSR count). The molecule has 10 nitrogen and oxygen atoms in total. The molecule has 0 saturated carbocycles. The summed E-state index contributed by atoms with van der Waals surface area (Å²) >= 11 is 2.39. The molecule has 2 aliphatic heterocycles. The van der Waals surface area contributed by atoms with Gasteiger partial charge in [0.1, 0.15) is 51.7 Å². The lowest BCUT2D eigenvalue weighted by Gasteiger charge is -2.35. The molecule has 2 aromatic heterocycles. The van der Waals surface area contributed by atoms with Crippen molar-refractivity contribution in [2.75, 3.05) is 40.3 Å². The predicted octanol–water partition coefficient (Wildman–Crippen LogP) is 3.38. The lowest BCUT2D eigenvalue weighted by Crippen LogP contribution is -2.53. The van der Waals surface area contributed by atoms with Crippen molar-refractivity contribution in [3.63, 3.8) is 0 Å². The van der Waals surface area contributed by atoms with Crippen LogP contribution in [0.2, 0.25) is 0 Å². The number of aromatic nitrogens is 4. The van der Waals surface area contributed by atoms with Gasteiger partial charge in [-0.2, -0.15) is 17.5 Å². The third-order valence-corrected chi connectivity index (χ3v) is 7.60. The fraction of sp³-hybridized carbons (Fsp3) is 0.583. The molecule has 2 aliphatic rings. The number of quaternary nitrogens is 2. The van der Waals surface area contributed by atoms with Crippen LogP contribution in [0.4, 0.5) is 0 Å². The van der Waals surface area contributed by atoms with Gasteiger partial charge in [-0.15, -0.1) is 9.29 Å². The van der Waals surface area contributed by atoms with Crippen molar-refractivity contribution in [2.24, 2.45) is 0 Å². The smallest absolute Gasteiger partial charge is 0.263 e. The minimum atomic E-state index is -0.985. The van der Waals surface area contributed by atoms with Crippen molar-refractivity contribution in [3.05, 3.63) is 34.9 Å². The average molecular weight is 535 g/mol. The first kappa shape index (κ1) is 26.5. The Morgan fingerprint density at radius 3 is 1.58 bits per heavy atom. The minimum Gasteiger partial charge on any atom is -0.263 e. The van der Waals surface area contributed by atoms with E-state index in [1.54, 1.807) is 14.1 Å². The van der Waals surface area contributed by atoms with E-state index < -0.39 is 11.9 Å². The number of nitrogens with zero attached hydrogens (tertiary/aromatic N) is 6. The van der Waals surface area contributed by atoms with Crippen LogP contribution in [0.1, 0.15) is 62.3 Å². The molecule has 0 N–H and O–H groups in total. The Hall–Kier alpha value is -2.54. The first-order chi connectivity index (χ1) is 17.3. The Morgan fingerprint density at radius 1 is 0.778 bits per heavy atom.